The molecule has 164 valence electrons. The second-order valence-corrected chi connectivity index (χ2v) is 9.01. The van der Waals surface area contributed by atoms with Gasteiger partial charge in [-0.3, -0.25) is 4.90 Å². The van der Waals surface area contributed by atoms with Crippen LogP contribution in [0, 0.1) is 0 Å². The van der Waals surface area contributed by atoms with E-state index in [-0.39, 0.29) is 18.0 Å². The van der Waals surface area contributed by atoms with Gasteiger partial charge in [-0.25, -0.2) is 8.42 Å². The third-order valence-corrected chi connectivity index (χ3v) is 6.91. The van der Waals surface area contributed by atoms with Crippen molar-refractivity contribution in [1.82, 2.24) is 19.4 Å². The Bertz CT molecular complexity index is 1120. The predicted molar refractivity (Wildman–Crippen MR) is 105 cm³/mol. The Morgan fingerprint density at radius 2 is 1.55 bits per heavy atom. The molecular weight excluding hydrogens is 433 g/mol. The number of piperazine rings is 1. The number of sulfonamides is 1. The monoisotopic (exact) mass is 452 g/mol. The van der Waals surface area contributed by atoms with Crippen LogP contribution in [0.5, 0.6) is 0 Å². The van der Waals surface area contributed by atoms with Gasteiger partial charge in [0, 0.05) is 31.7 Å². The molecule has 1 aliphatic heterocycles. The van der Waals surface area contributed by atoms with E-state index in [4.69, 9.17) is 4.42 Å². The van der Waals surface area contributed by atoms with Crippen molar-refractivity contribution in [2.24, 2.45) is 0 Å². The Kier molecular flexibility index (Phi) is 5.82. The molecule has 11 heteroatoms. The third-order valence-electron chi connectivity index (χ3n) is 5.00. The molecule has 1 aromatic heterocycles. The van der Waals surface area contributed by atoms with Crippen LogP contribution in [0.3, 0.4) is 0 Å². The average Bonchev–Trinajstić information content (AvgIpc) is 3.23. The molecule has 0 N–H and O–H groups in total. The summed E-state index contributed by atoms with van der Waals surface area (Å²) in [6.45, 7) is 1.67. The third kappa shape index (κ3) is 4.78. The van der Waals surface area contributed by atoms with Gasteiger partial charge in [0.15, 0.2) is 0 Å². The van der Waals surface area contributed by atoms with Gasteiger partial charge in [-0.05, 0) is 36.4 Å². The lowest BCUT2D eigenvalue weighted by Crippen LogP contribution is -2.48. The lowest BCUT2D eigenvalue weighted by Gasteiger charge is -2.33. The van der Waals surface area contributed by atoms with Crippen molar-refractivity contribution < 1.29 is 26.0 Å². The highest BCUT2D eigenvalue weighted by molar-refractivity contribution is 7.89. The fourth-order valence-electron chi connectivity index (χ4n) is 3.30. The first-order valence-corrected chi connectivity index (χ1v) is 10.9. The first-order chi connectivity index (χ1) is 14.7. The number of nitrogens with zero attached hydrogens (tertiary/aromatic N) is 4. The van der Waals surface area contributed by atoms with E-state index < -0.39 is 21.8 Å². The number of hydrogen-bond acceptors (Lipinski definition) is 6. The molecule has 7 nitrogen and oxygen atoms in total. The summed E-state index contributed by atoms with van der Waals surface area (Å²) in [6.07, 6.45) is -4.51. The van der Waals surface area contributed by atoms with Crippen molar-refractivity contribution in [3.8, 4) is 11.5 Å². The minimum atomic E-state index is -4.51. The van der Waals surface area contributed by atoms with Gasteiger partial charge in [-0.2, -0.15) is 17.5 Å². The highest BCUT2D eigenvalue weighted by Crippen LogP contribution is 2.30. The van der Waals surface area contributed by atoms with Gasteiger partial charge >= 0.3 is 6.18 Å². The first kappa shape index (κ1) is 21.5. The van der Waals surface area contributed by atoms with E-state index in [2.05, 4.69) is 10.2 Å². The topological polar surface area (TPSA) is 79.5 Å². The minimum Gasteiger partial charge on any atom is -0.419 e. The van der Waals surface area contributed by atoms with E-state index in [0.717, 1.165) is 29.8 Å². The molecule has 0 unspecified atom stereocenters. The van der Waals surface area contributed by atoms with Gasteiger partial charge in [-0.1, -0.05) is 18.2 Å². The molecule has 0 aliphatic carbocycles. The normalized spacial score (nSPS) is 16.5. The fraction of sp³-hybridized carbons (Fsp3) is 0.300. The molecule has 0 saturated carbocycles. The van der Waals surface area contributed by atoms with Crippen molar-refractivity contribution in [2.45, 2.75) is 17.6 Å². The van der Waals surface area contributed by atoms with E-state index in [9.17, 15) is 21.6 Å². The van der Waals surface area contributed by atoms with Crippen molar-refractivity contribution in [2.75, 3.05) is 26.2 Å². The van der Waals surface area contributed by atoms with Gasteiger partial charge in [-0.15, -0.1) is 10.2 Å². The zero-order chi connectivity index (χ0) is 22.1. The quantitative estimate of drug-likeness (QED) is 0.591. The number of alkyl halides is 3. The molecule has 0 spiro atoms. The Morgan fingerprint density at radius 3 is 2.16 bits per heavy atom. The average molecular weight is 452 g/mol. The van der Waals surface area contributed by atoms with E-state index in [1.807, 2.05) is 35.2 Å². The first-order valence-electron chi connectivity index (χ1n) is 9.51. The van der Waals surface area contributed by atoms with Crippen molar-refractivity contribution >= 4 is 10.0 Å². The Morgan fingerprint density at radius 1 is 0.903 bits per heavy atom. The van der Waals surface area contributed by atoms with Gasteiger partial charge in [0.05, 0.1) is 17.0 Å². The summed E-state index contributed by atoms with van der Waals surface area (Å²) in [5, 5.41) is 8.09. The summed E-state index contributed by atoms with van der Waals surface area (Å²) < 4.78 is 70.6. The van der Waals surface area contributed by atoms with Gasteiger partial charge in [0.1, 0.15) is 0 Å². The van der Waals surface area contributed by atoms with E-state index in [0.29, 0.717) is 31.4 Å². The van der Waals surface area contributed by atoms with Crippen molar-refractivity contribution in [1.29, 1.82) is 0 Å². The Balaban J connectivity index is 1.37. The van der Waals surface area contributed by atoms with Crippen LogP contribution in [0.4, 0.5) is 13.2 Å². The second kappa shape index (κ2) is 8.40. The Labute approximate surface area is 177 Å². The van der Waals surface area contributed by atoms with E-state index in [1.54, 1.807) is 0 Å². The molecule has 1 aliphatic rings. The highest BCUT2D eigenvalue weighted by atomic mass is 32.2. The van der Waals surface area contributed by atoms with Crippen LogP contribution in [-0.4, -0.2) is 54.0 Å². The zero-order valence-electron chi connectivity index (χ0n) is 16.3. The lowest BCUT2D eigenvalue weighted by atomic mass is 10.2. The molecule has 1 saturated heterocycles. The highest BCUT2D eigenvalue weighted by Gasteiger charge is 2.32. The number of rotatable bonds is 5. The molecule has 2 heterocycles. The summed E-state index contributed by atoms with van der Waals surface area (Å²) in [6, 6.07) is 12.9. The summed E-state index contributed by atoms with van der Waals surface area (Å²) >= 11 is 0. The largest absolute Gasteiger partial charge is 0.419 e. The maximum Gasteiger partial charge on any atom is 0.416 e. The molecule has 0 radical (unpaired) electrons. The van der Waals surface area contributed by atoms with Crippen molar-refractivity contribution in [3.63, 3.8) is 0 Å². The van der Waals surface area contributed by atoms with Crippen LogP contribution in [0.1, 0.15) is 11.5 Å². The fourth-order valence-corrected chi connectivity index (χ4v) is 4.72. The summed E-state index contributed by atoms with van der Waals surface area (Å²) in [5.74, 6) is 0.844. The maximum absolute atomic E-state index is 12.8. The van der Waals surface area contributed by atoms with Crippen LogP contribution in [0.15, 0.2) is 63.9 Å². The number of aromatic nitrogens is 2. The lowest BCUT2D eigenvalue weighted by molar-refractivity contribution is -0.137. The second-order valence-electron chi connectivity index (χ2n) is 7.07. The molecular formula is C20H19F3N4O3S. The molecule has 4 rings (SSSR count). The molecule has 1 fully saturated rings. The molecule has 0 bridgehead atoms. The standard InChI is InChI=1S/C20H19F3N4O3S/c21-20(22,23)16-6-8-17(9-7-16)31(28,29)27-12-10-26(11-13-27)14-18-24-25-19(30-18)15-4-2-1-3-5-15/h1-9H,10-14H2. The smallest absolute Gasteiger partial charge is 0.416 e. The minimum absolute atomic E-state index is 0.154. The zero-order valence-corrected chi connectivity index (χ0v) is 17.1. The number of hydrogen-bond donors (Lipinski definition) is 0. The van der Waals surface area contributed by atoms with Crippen LogP contribution < -0.4 is 0 Å². The molecule has 3 aromatic rings. The number of benzene rings is 2. The van der Waals surface area contributed by atoms with Gasteiger partial charge in [0.25, 0.3) is 0 Å². The molecule has 2 aromatic carbocycles. The summed E-state index contributed by atoms with van der Waals surface area (Å²) in [4.78, 5) is 1.83. The predicted octanol–water partition coefficient (Wildman–Crippen LogP) is 3.26. The van der Waals surface area contributed by atoms with E-state index in [1.165, 1.54) is 4.31 Å². The van der Waals surface area contributed by atoms with E-state index >= 15 is 0 Å². The van der Waals surface area contributed by atoms with Crippen LogP contribution >= 0.6 is 0 Å². The molecule has 0 atom stereocenters. The maximum atomic E-state index is 12.8. The molecule has 31 heavy (non-hydrogen) atoms. The van der Waals surface area contributed by atoms with Crippen LogP contribution in [0.2, 0.25) is 0 Å². The Hall–Kier alpha value is -2.76. The van der Waals surface area contributed by atoms with Crippen molar-refractivity contribution in [3.05, 3.63) is 66.1 Å². The van der Waals surface area contributed by atoms with Crippen LogP contribution in [0.25, 0.3) is 11.5 Å². The SMILES string of the molecule is O=S(=O)(c1ccc(C(F)(F)F)cc1)N1CCN(Cc2nnc(-c3ccccc3)o2)CC1. The van der Waals surface area contributed by atoms with Crippen LogP contribution in [-0.2, 0) is 22.7 Å². The summed E-state index contributed by atoms with van der Waals surface area (Å²) in [7, 11) is -3.86. The summed E-state index contributed by atoms with van der Waals surface area (Å²) in [5.41, 5.74) is -0.0700. The number of halogens is 3. The van der Waals surface area contributed by atoms with Gasteiger partial charge < -0.3 is 4.42 Å². The molecule has 0 amide bonds. The van der Waals surface area contributed by atoms with Gasteiger partial charge in [0.2, 0.25) is 21.8 Å².